The van der Waals surface area contributed by atoms with E-state index in [0.717, 1.165) is 18.2 Å². The molecule has 2 aromatic carbocycles. The van der Waals surface area contributed by atoms with Crippen LogP contribution >= 0.6 is 0 Å². The number of rotatable bonds is 8. The third-order valence-corrected chi connectivity index (χ3v) is 3.20. The molecule has 0 aliphatic carbocycles. The Morgan fingerprint density at radius 1 is 1.00 bits per heavy atom. The molecule has 7 nitrogen and oxygen atoms in total. The third-order valence-electron chi connectivity index (χ3n) is 3.20. The third kappa shape index (κ3) is 6.98. The van der Waals surface area contributed by atoms with Crippen molar-refractivity contribution in [3.8, 4) is 5.75 Å². The van der Waals surface area contributed by atoms with Crippen molar-refractivity contribution in [3.63, 3.8) is 0 Å². The maximum atomic E-state index is 12.8. The van der Waals surface area contributed by atoms with Crippen LogP contribution in [0.2, 0.25) is 0 Å². The highest BCUT2D eigenvalue weighted by Crippen LogP contribution is 2.16. The molecule has 2 aromatic rings. The van der Waals surface area contributed by atoms with Crippen LogP contribution in [0, 0.1) is 5.82 Å². The molecule has 28 heavy (non-hydrogen) atoms. The summed E-state index contributed by atoms with van der Waals surface area (Å²) in [6.45, 7) is -4.12. The number of benzene rings is 2. The van der Waals surface area contributed by atoms with Crippen molar-refractivity contribution in [3.05, 3.63) is 59.9 Å². The van der Waals surface area contributed by atoms with E-state index < -0.39 is 43.4 Å². The minimum atomic E-state index is -3.04. The number of alkyl halides is 2. The zero-order valence-corrected chi connectivity index (χ0v) is 14.3. The average Bonchev–Trinajstić information content (AvgIpc) is 2.66. The summed E-state index contributed by atoms with van der Waals surface area (Å²) in [7, 11) is 0. The van der Waals surface area contributed by atoms with Crippen molar-refractivity contribution in [2.24, 2.45) is 0 Å². The Morgan fingerprint density at radius 3 is 2.39 bits per heavy atom. The lowest BCUT2D eigenvalue weighted by molar-refractivity contribution is -0.126. The van der Waals surface area contributed by atoms with Gasteiger partial charge >= 0.3 is 12.6 Å². The summed E-state index contributed by atoms with van der Waals surface area (Å²) in [4.78, 5) is 35.2. The molecule has 2 amide bonds. The van der Waals surface area contributed by atoms with E-state index in [4.69, 9.17) is 4.74 Å². The maximum Gasteiger partial charge on any atom is 0.387 e. The molecule has 0 aliphatic heterocycles. The summed E-state index contributed by atoms with van der Waals surface area (Å²) < 4.78 is 46.0. The zero-order valence-electron chi connectivity index (χ0n) is 14.3. The number of hydrogen-bond donors (Lipinski definition) is 2. The first-order valence-electron chi connectivity index (χ1n) is 7.87. The topological polar surface area (TPSA) is 93.7 Å². The average molecular weight is 396 g/mol. The van der Waals surface area contributed by atoms with E-state index in [1.165, 1.54) is 30.3 Å². The maximum absolute atomic E-state index is 12.8. The van der Waals surface area contributed by atoms with E-state index in [0.29, 0.717) is 5.69 Å². The van der Waals surface area contributed by atoms with Crippen LogP contribution in [0.15, 0.2) is 48.5 Å². The van der Waals surface area contributed by atoms with Gasteiger partial charge in [-0.05, 0) is 42.5 Å². The second-order valence-electron chi connectivity index (χ2n) is 5.31. The fourth-order valence-electron chi connectivity index (χ4n) is 1.98. The fourth-order valence-corrected chi connectivity index (χ4v) is 1.98. The van der Waals surface area contributed by atoms with Gasteiger partial charge in [-0.3, -0.25) is 9.59 Å². The van der Waals surface area contributed by atoms with Gasteiger partial charge in [-0.2, -0.15) is 8.78 Å². The van der Waals surface area contributed by atoms with Gasteiger partial charge < -0.3 is 20.1 Å². The monoisotopic (exact) mass is 396 g/mol. The molecule has 148 valence electrons. The van der Waals surface area contributed by atoms with E-state index in [1.807, 2.05) is 0 Å². The van der Waals surface area contributed by atoms with Crippen LogP contribution in [0.5, 0.6) is 5.75 Å². The molecule has 0 radical (unpaired) electrons. The molecule has 0 spiro atoms. The van der Waals surface area contributed by atoms with Crippen molar-refractivity contribution < 1.29 is 37.0 Å². The van der Waals surface area contributed by atoms with Crippen LogP contribution in [-0.4, -0.2) is 37.5 Å². The van der Waals surface area contributed by atoms with Gasteiger partial charge in [-0.15, -0.1) is 0 Å². The van der Waals surface area contributed by atoms with Gasteiger partial charge in [0.15, 0.2) is 6.61 Å². The van der Waals surface area contributed by atoms with Crippen molar-refractivity contribution in [2.75, 3.05) is 18.5 Å². The van der Waals surface area contributed by atoms with Gasteiger partial charge in [-0.1, -0.05) is 6.07 Å². The van der Waals surface area contributed by atoms with Crippen molar-refractivity contribution >= 4 is 23.5 Å². The molecule has 0 aromatic heterocycles. The summed E-state index contributed by atoms with van der Waals surface area (Å²) in [5, 5.41) is 4.67. The summed E-state index contributed by atoms with van der Waals surface area (Å²) in [5.41, 5.74) is 0.262. The van der Waals surface area contributed by atoms with Crippen molar-refractivity contribution in [1.29, 1.82) is 0 Å². The van der Waals surface area contributed by atoms with Crippen LogP contribution in [0.1, 0.15) is 10.4 Å². The fraction of sp³-hybridized carbons (Fsp3) is 0.167. The second-order valence-corrected chi connectivity index (χ2v) is 5.31. The van der Waals surface area contributed by atoms with Gasteiger partial charge in [0.2, 0.25) is 5.91 Å². The molecule has 0 saturated heterocycles. The van der Waals surface area contributed by atoms with Crippen LogP contribution in [0.3, 0.4) is 0 Å². The molecule has 0 aliphatic rings. The summed E-state index contributed by atoms with van der Waals surface area (Å²) in [5.74, 6) is -2.93. The Kier molecular flexibility index (Phi) is 7.37. The molecule has 10 heteroatoms. The number of hydrogen-bond acceptors (Lipinski definition) is 5. The number of ether oxygens (including phenoxy) is 2. The standard InChI is InChI=1S/C18H15F3N2O5/c19-12-4-6-13(7-5-12)23-15(24)9-22-16(25)10-27-17(26)11-2-1-3-14(8-11)28-18(20)21/h1-8,18H,9-10H2,(H,22,25)(H,23,24). The highest BCUT2D eigenvalue weighted by atomic mass is 19.3. The SMILES string of the molecule is O=C(COC(=O)c1cccc(OC(F)F)c1)NCC(=O)Nc1ccc(F)cc1. The molecular formula is C18H15F3N2O5. The predicted octanol–water partition coefficient (Wildman–Crippen LogP) is 2.34. The second kappa shape index (κ2) is 9.95. The van der Waals surface area contributed by atoms with E-state index in [9.17, 15) is 27.6 Å². The molecule has 0 unspecified atom stereocenters. The molecule has 2 rings (SSSR count). The van der Waals surface area contributed by atoms with Crippen LogP contribution in [0.4, 0.5) is 18.9 Å². The first-order chi connectivity index (χ1) is 13.3. The Balaban J connectivity index is 1.75. The lowest BCUT2D eigenvalue weighted by atomic mass is 10.2. The smallest absolute Gasteiger partial charge is 0.387 e. The van der Waals surface area contributed by atoms with E-state index in [1.54, 1.807) is 0 Å². The molecule has 0 atom stereocenters. The Labute approximate surface area is 157 Å². The van der Waals surface area contributed by atoms with E-state index in [2.05, 4.69) is 15.4 Å². The van der Waals surface area contributed by atoms with E-state index in [-0.39, 0.29) is 11.3 Å². The number of esters is 1. The highest BCUT2D eigenvalue weighted by Gasteiger charge is 2.13. The number of carbonyl (C=O) groups excluding carboxylic acids is 3. The van der Waals surface area contributed by atoms with Crippen LogP contribution in [-0.2, 0) is 14.3 Å². The first-order valence-corrected chi connectivity index (χ1v) is 7.87. The van der Waals surface area contributed by atoms with Crippen molar-refractivity contribution in [1.82, 2.24) is 5.32 Å². The van der Waals surface area contributed by atoms with Crippen molar-refractivity contribution in [2.45, 2.75) is 6.61 Å². The Bertz CT molecular complexity index is 843. The van der Waals surface area contributed by atoms with E-state index >= 15 is 0 Å². The summed E-state index contributed by atoms with van der Waals surface area (Å²) in [6.07, 6.45) is 0. The molecular weight excluding hydrogens is 381 g/mol. The van der Waals surface area contributed by atoms with Gasteiger partial charge in [-0.25, -0.2) is 9.18 Å². The Hall–Kier alpha value is -3.56. The number of nitrogens with one attached hydrogen (secondary N) is 2. The largest absolute Gasteiger partial charge is 0.452 e. The van der Waals surface area contributed by atoms with Crippen LogP contribution < -0.4 is 15.4 Å². The minimum absolute atomic E-state index is 0.0833. The number of anilines is 1. The molecule has 0 heterocycles. The number of carbonyl (C=O) groups is 3. The summed E-state index contributed by atoms with van der Waals surface area (Å²) in [6, 6.07) is 9.91. The Morgan fingerprint density at radius 2 is 1.71 bits per heavy atom. The first kappa shape index (κ1) is 20.7. The molecule has 2 N–H and O–H groups in total. The lowest BCUT2D eigenvalue weighted by Gasteiger charge is -2.09. The van der Waals surface area contributed by atoms with Crippen LogP contribution in [0.25, 0.3) is 0 Å². The summed E-state index contributed by atoms with van der Waals surface area (Å²) >= 11 is 0. The lowest BCUT2D eigenvalue weighted by Crippen LogP contribution is -2.35. The number of halogens is 3. The molecule has 0 fully saturated rings. The van der Waals surface area contributed by atoms with Gasteiger partial charge in [0.1, 0.15) is 11.6 Å². The predicted molar refractivity (Wildman–Crippen MR) is 91.4 cm³/mol. The quantitative estimate of drug-likeness (QED) is 0.668. The minimum Gasteiger partial charge on any atom is -0.452 e. The number of amides is 2. The zero-order chi connectivity index (χ0) is 20.5. The highest BCUT2D eigenvalue weighted by molar-refractivity contribution is 5.95. The molecule has 0 saturated carbocycles. The van der Waals surface area contributed by atoms with Gasteiger partial charge in [0.25, 0.3) is 5.91 Å². The van der Waals surface area contributed by atoms with Gasteiger partial charge in [0.05, 0.1) is 12.1 Å². The normalized spacial score (nSPS) is 10.3. The molecule has 0 bridgehead atoms. The van der Waals surface area contributed by atoms with Gasteiger partial charge in [0, 0.05) is 5.69 Å².